The summed E-state index contributed by atoms with van der Waals surface area (Å²) in [6, 6.07) is 0. The highest BCUT2D eigenvalue weighted by molar-refractivity contribution is 5.72. The Balaban J connectivity index is 4.55. The van der Waals surface area contributed by atoms with E-state index in [1.54, 1.807) is 6.08 Å². The zero-order valence-electron chi connectivity index (χ0n) is 34.4. The second-order valence-corrected chi connectivity index (χ2v) is 13.6. The number of carbonyl (C=O) groups excluding carboxylic acids is 3. The molecule has 0 saturated heterocycles. The van der Waals surface area contributed by atoms with Gasteiger partial charge in [0.2, 0.25) is 0 Å². The molecule has 0 aromatic carbocycles. The van der Waals surface area contributed by atoms with Crippen LogP contribution in [0.1, 0.15) is 168 Å². The fraction of sp³-hybridized carbons (Fsp3) is 0.604. The molecule has 0 radical (unpaired) electrons. The van der Waals surface area contributed by atoms with E-state index in [0.717, 1.165) is 77.0 Å². The molecule has 0 aliphatic carbocycles. The summed E-state index contributed by atoms with van der Waals surface area (Å²) in [5, 5.41) is 0. The molecular formula is C48H76O6. The maximum absolute atomic E-state index is 12.7. The highest BCUT2D eigenvalue weighted by Crippen LogP contribution is 2.11. The van der Waals surface area contributed by atoms with E-state index in [2.05, 4.69) is 69.4 Å². The lowest BCUT2D eigenvalue weighted by molar-refractivity contribution is -0.166. The Bertz CT molecular complexity index is 1140. The molecule has 0 aliphatic heterocycles. The molecule has 0 fully saturated rings. The van der Waals surface area contributed by atoms with Gasteiger partial charge in [0.15, 0.2) is 6.10 Å². The molecule has 0 spiro atoms. The van der Waals surface area contributed by atoms with Gasteiger partial charge in [0.25, 0.3) is 0 Å². The maximum Gasteiger partial charge on any atom is 0.309 e. The second-order valence-electron chi connectivity index (χ2n) is 13.6. The van der Waals surface area contributed by atoms with Crippen molar-refractivity contribution < 1.29 is 28.6 Å². The highest BCUT2D eigenvalue weighted by Gasteiger charge is 2.19. The number of hydrogen-bond donors (Lipinski definition) is 0. The summed E-state index contributed by atoms with van der Waals surface area (Å²) in [5.41, 5.74) is 0. The van der Waals surface area contributed by atoms with Crippen LogP contribution < -0.4 is 0 Å². The molecular weight excluding hydrogens is 673 g/mol. The van der Waals surface area contributed by atoms with Gasteiger partial charge < -0.3 is 14.2 Å². The topological polar surface area (TPSA) is 78.9 Å². The minimum atomic E-state index is -0.837. The summed E-state index contributed by atoms with van der Waals surface area (Å²) in [7, 11) is 0. The molecule has 6 heteroatoms. The van der Waals surface area contributed by atoms with Crippen molar-refractivity contribution in [3.63, 3.8) is 0 Å². The van der Waals surface area contributed by atoms with Crippen molar-refractivity contribution in [3.05, 3.63) is 97.2 Å². The largest absolute Gasteiger partial charge is 0.462 e. The molecule has 0 aromatic rings. The van der Waals surface area contributed by atoms with Crippen molar-refractivity contribution in [3.8, 4) is 0 Å². The third-order valence-corrected chi connectivity index (χ3v) is 8.43. The third-order valence-electron chi connectivity index (χ3n) is 8.43. The molecule has 6 nitrogen and oxygen atoms in total. The van der Waals surface area contributed by atoms with Crippen LogP contribution >= 0.6 is 0 Å². The Morgan fingerprint density at radius 2 is 0.889 bits per heavy atom. The normalized spacial score (nSPS) is 13.0. The number of rotatable bonds is 36. The molecule has 1 unspecified atom stereocenters. The van der Waals surface area contributed by atoms with Crippen molar-refractivity contribution in [2.24, 2.45) is 0 Å². The Hall–Kier alpha value is -3.67. The van der Waals surface area contributed by atoms with E-state index in [1.807, 2.05) is 42.5 Å². The van der Waals surface area contributed by atoms with Crippen LogP contribution in [0.5, 0.6) is 0 Å². The molecule has 0 saturated carbocycles. The average molecular weight is 749 g/mol. The van der Waals surface area contributed by atoms with E-state index in [4.69, 9.17) is 14.2 Å². The molecule has 0 rings (SSSR count). The zero-order valence-corrected chi connectivity index (χ0v) is 34.4. The smallest absolute Gasteiger partial charge is 0.309 e. The standard InChI is InChI=1S/C48H76O6/c1-4-7-10-13-16-19-21-23-25-26-29-32-35-38-41-47(50)53-44-45(43-52-46(49)40-37-34-31-28-18-15-12-9-6-3)54-48(51)42-39-36-33-30-27-24-22-20-17-14-11-8-5-2/h8-9,11-12,14,17-18,20,22,24-28,34,37,45H,4-7,10,13,15-16,19,21,23,29-33,35-36,38-44H2,1-3H3/b11-8-,12-9-,17-14-,22-20-,26-25-,27-24-,28-18-,37-34-. The first kappa shape index (κ1) is 50.3. The van der Waals surface area contributed by atoms with Gasteiger partial charge >= 0.3 is 17.9 Å². The molecule has 304 valence electrons. The van der Waals surface area contributed by atoms with Crippen molar-refractivity contribution in [2.75, 3.05) is 13.2 Å². The summed E-state index contributed by atoms with van der Waals surface area (Å²) in [6.45, 7) is 6.19. The van der Waals surface area contributed by atoms with Crippen LogP contribution in [0, 0.1) is 0 Å². The predicted octanol–water partition coefficient (Wildman–Crippen LogP) is 13.5. The molecule has 1 atom stereocenters. The lowest BCUT2D eigenvalue weighted by Crippen LogP contribution is -2.30. The van der Waals surface area contributed by atoms with Crippen LogP contribution in [0.3, 0.4) is 0 Å². The van der Waals surface area contributed by atoms with Gasteiger partial charge in [-0.05, 0) is 77.0 Å². The predicted molar refractivity (Wildman–Crippen MR) is 228 cm³/mol. The van der Waals surface area contributed by atoms with Gasteiger partial charge in [-0.2, -0.15) is 0 Å². The van der Waals surface area contributed by atoms with E-state index >= 15 is 0 Å². The summed E-state index contributed by atoms with van der Waals surface area (Å²) in [4.78, 5) is 37.5. The molecule has 0 N–H and O–H groups in total. The quantitative estimate of drug-likeness (QED) is 0.0209. The summed E-state index contributed by atoms with van der Waals surface area (Å²) >= 11 is 0. The molecule has 0 heterocycles. The molecule has 0 bridgehead atoms. The van der Waals surface area contributed by atoms with E-state index in [-0.39, 0.29) is 38.0 Å². The molecule has 0 aromatic heterocycles. The lowest BCUT2D eigenvalue weighted by atomic mass is 10.1. The van der Waals surface area contributed by atoms with Crippen LogP contribution in [-0.4, -0.2) is 37.2 Å². The van der Waals surface area contributed by atoms with Gasteiger partial charge in [-0.25, -0.2) is 0 Å². The number of hydrogen-bond acceptors (Lipinski definition) is 6. The Kier molecular flexibility index (Phi) is 39.2. The zero-order chi connectivity index (χ0) is 39.4. The van der Waals surface area contributed by atoms with Crippen LogP contribution in [0.2, 0.25) is 0 Å². The molecule has 54 heavy (non-hydrogen) atoms. The van der Waals surface area contributed by atoms with E-state index in [9.17, 15) is 14.4 Å². The average Bonchev–Trinajstić information content (AvgIpc) is 3.17. The number of carbonyl (C=O) groups is 3. The van der Waals surface area contributed by atoms with Gasteiger partial charge in [-0.15, -0.1) is 0 Å². The fourth-order valence-corrected chi connectivity index (χ4v) is 5.27. The van der Waals surface area contributed by atoms with Gasteiger partial charge in [-0.3, -0.25) is 14.4 Å². The second kappa shape index (κ2) is 42.1. The molecule has 0 aliphatic rings. The first-order valence-electron chi connectivity index (χ1n) is 21.3. The minimum Gasteiger partial charge on any atom is -0.462 e. The van der Waals surface area contributed by atoms with Crippen LogP contribution in [0.25, 0.3) is 0 Å². The summed E-state index contributed by atoms with van der Waals surface area (Å²) in [6.07, 6.45) is 54.3. The van der Waals surface area contributed by atoms with Crippen molar-refractivity contribution in [1.29, 1.82) is 0 Å². The number of ether oxygens (including phenoxy) is 3. The SMILES string of the molecule is CC\C=C/C=C\C=C/C=C\CCCCCC(=O)OC(COC(=O)C/C=C\C/C=C\C/C=C\CC)COC(=O)CCCCC/C=C\CCCCCCCCC. The third kappa shape index (κ3) is 39.5. The summed E-state index contributed by atoms with van der Waals surface area (Å²) in [5.74, 6) is -1.13. The van der Waals surface area contributed by atoms with Crippen LogP contribution in [-0.2, 0) is 28.6 Å². The van der Waals surface area contributed by atoms with Gasteiger partial charge in [-0.1, -0.05) is 169 Å². The van der Waals surface area contributed by atoms with Gasteiger partial charge in [0.1, 0.15) is 13.2 Å². The maximum atomic E-state index is 12.7. The van der Waals surface area contributed by atoms with Crippen molar-refractivity contribution >= 4 is 17.9 Å². The van der Waals surface area contributed by atoms with E-state index in [0.29, 0.717) is 12.8 Å². The number of esters is 3. The number of allylic oxidation sites excluding steroid dienone is 15. The fourth-order valence-electron chi connectivity index (χ4n) is 5.27. The van der Waals surface area contributed by atoms with Crippen LogP contribution in [0.15, 0.2) is 97.2 Å². The first-order valence-corrected chi connectivity index (χ1v) is 21.3. The monoisotopic (exact) mass is 749 g/mol. The van der Waals surface area contributed by atoms with Crippen molar-refractivity contribution in [2.45, 2.75) is 175 Å². The summed E-state index contributed by atoms with van der Waals surface area (Å²) < 4.78 is 16.5. The Labute approximate surface area is 330 Å². The Morgan fingerprint density at radius 3 is 1.50 bits per heavy atom. The van der Waals surface area contributed by atoms with E-state index < -0.39 is 12.1 Å². The highest BCUT2D eigenvalue weighted by atomic mass is 16.6. The molecule has 0 amide bonds. The Morgan fingerprint density at radius 1 is 0.426 bits per heavy atom. The van der Waals surface area contributed by atoms with Gasteiger partial charge in [0.05, 0.1) is 6.42 Å². The van der Waals surface area contributed by atoms with E-state index in [1.165, 1.54) is 44.9 Å². The lowest BCUT2D eigenvalue weighted by Gasteiger charge is -2.18. The van der Waals surface area contributed by atoms with Crippen LogP contribution in [0.4, 0.5) is 0 Å². The minimum absolute atomic E-state index is 0.121. The first-order chi connectivity index (χ1) is 26.5. The van der Waals surface area contributed by atoms with Gasteiger partial charge in [0, 0.05) is 12.8 Å². The van der Waals surface area contributed by atoms with Crippen molar-refractivity contribution in [1.82, 2.24) is 0 Å². The number of unbranched alkanes of at least 4 members (excludes halogenated alkanes) is 13.